The van der Waals surface area contributed by atoms with Crippen molar-refractivity contribution in [2.45, 2.75) is 51.4 Å². The Morgan fingerprint density at radius 2 is 1.69 bits per heavy atom. The van der Waals surface area contributed by atoms with E-state index in [2.05, 4.69) is 5.32 Å². The van der Waals surface area contributed by atoms with E-state index in [0.717, 1.165) is 11.1 Å². The molecule has 2 aromatic carbocycles. The van der Waals surface area contributed by atoms with E-state index in [4.69, 9.17) is 0 Å². The number of nitro benzene ring substituents is 1. The summed E-state index contributed by atoms with van der Waals surface area (Å²) in [6.07, 6.45) is 0.659. The quantitative estimate of drug-likeness (QED) is 0.426. The Hall–Kier alpha value is -2.87. The number of amides is 2. The van der Waals surface area contributed by atoms with Gasteiger partial charge < -0.3 is 10.2 Å². The first-order chi connectivity index (χ1) is 15.1. The molecule has 2 rings (SSSR count). The second-order valence-electron chi connectivity index (χ2n) is 8.65. The van der Waals surface area contributed by atoms with Crippen LogP contribution in [0.2, 0.25) is 0 Å². The summed E-state index contributed by atoms with van der Waals surface area (Å²) in [5.41, 5.74) is 1.67. The Morgan fingerprint density at radius 3 is 2.25 bits per heavy atom. The van der Waals surface area contributed by atoms with Gasteiger partial charge in [-0.1, -0.05) is 42.5 Å². The van der Waals surface area contributed by atoms with Gasteiger partial charge in [-0.2, -0.15) is 0 Å². The lowest BCUT2D eigenvalue weighted by Crippen LogP contribution is -2.53. The molecule has 32 heavy (non-hydrogen) atoms. The highest BCUT2D eigenvalue weighted by molar-refractivity contribution is 7.99. The second-order valence-corrected chi connectivity index (χ2v) is 9.64. The van der Waals surface area contributed by atoms with Crippen molar-refractivity contribution in [1.29, 1.82) is 0 Å². The molecule has 172 valence electrons. The van der Waals surface area contributed by atoms with Crippen molar-refractivity contribution in [1.82, 2.24) is 10.2 Å². The monoisotopic (exact) mass is 457 g/mol. The van der Waals surface area contributed by atoms with Gasteiger partial charge in [-0.25, -0.2) is 0 Å². The summed E-state index contributed by atoms with van der Waals surface area (Å²) in [4.78, 5) is 37.8. The lowest BCUT2D eigenvalue weighted by molar-refractivity contribution is -0.384. The van der Waals surface area contributed by atoms with Gasteiger partial charge in [-0.3, -0.25) is 19.7 Å². The van der Waals surface area contributed by atoms with Crippen LogP contribution in [0, 0.1) is 10.1 Å². The van der Waals surface area contributed by atoms with Crippen molar-refractivity contribution in [2.75, 3.05) is 12.3 Å². The van der Waals surface area contributed by atoms with Crippen molar-refractivity contribution < 1.29 is 14.5 Å². The first-order valence-electron chi connectivity index (χ1n) is 10.5. The average molecular weight is 458 g/mol. The normalized spacial score (nSPS) is 12.1. The number of non-ortho nitro benzene ring substituents is 1. The maximum atomic E-state index is 13.0. The number of nitrogens with one attached hydrogen (secondary N) is 1. The lowest BCUT2D eigenvalue weighted by Gasteiger charge is -2.31. The third-order valence-corrected chi connectivity index (χ3v) is 5.78. The third-order valence-electron chi connectivity index (χ3n) is 4.79. The fraction of sp³-hybridized carbons (Fsp3) is 0.417. The number of hydrogen-bond donors (Lipinski definition) is 1. The lowest BCUT2D eigenvalue weighted by atomic mass is 10.1. The molecule has 1 N–H and O–H groups in total. The fourth-order valence-corrected chi connectivity index (χ4v) is 3.97. The van der Waals surface area contributed by atoms with Gasteiger partial charge in [0, 0.05) is 30.0 Å². The fourth-order valence-electron chi connectivity index (χ4n) is 3.10. The van der Waals surface area contributed by atoms with Crippen molar-refractivity contribution in [3.8, 4) is 0 Å². The second kappa shape index (κ2) is 11.7. The van der Waals surface area contributed by atoms with Crippen LogP contribution in [-0.2, 0) is 21.8 Å². The van der Waals surface area contributed by atoms with Crippen molar-refractivity contribution in [2.24, 2.45) is 0 Å². The van der Waals surface area contributed by atoms with Crippen molar-refractivity contribution in [3.05, 3.63) is 75.8 Å². The predicted molar refractivity (Wildman–Crippen MR) is 128 cm³/mol. The van der Waals surface area contributed by atoms with E-state index in [1.165, 1.54) is 23.9 Å². The largest absolute Gasteiger partial charge is 0.350 e. The zero-order chi connectivity index (χ0) is 23.7. The van der Waals surface area contributed by atoms with Gasteiger partial charge in [0.15, 0.2) is 0 Å². The summed E-state index contributed by atoms with van der Waals surface area (Å²) in [6, 6.07) is 15.6. The number of thioether (sulfide) groups is 1. The van der Waals surface area contributed by atoms with Gasteiger partial charge >= 0.3 is 0 Å². The molecule has 0 radical (unpaired) electrons. The molecule has 0 heterocycles. The van der Waals surface area contributed by atoms with Crippen LogP contribution < -0.4 is 5.32 Å². The minimum absolute atomic E-state index is 0.0422. The van der Waals surface area contributed by atoms with Crippen LogP contribution in [-0.4, -0.2) is 45.5 Å². The molecule has 2 amide bonds. The predicted octanol–water partition coefficient (Wildman–Crippen LogP) is 4.20. The number of carbonyl (C=O) groups excluding carboxylic acids is 2. The van der Waals surface area contributed by atoms with E-state index in [9.17, 15) is 19.7 Å². The molecule has 0 aliphatic heterocycles. The number of hydrogen-bond acceptors (Lipinski definition) is 5. The summed E-state index contributed by atoms with van der Waals surface area (Å²) in [6.45, 7) is 7.93. The number of nitrogens with zero attached hydrogens (tertiary/aromatic N) is 2. The van der Waals surface area contributed by atoms with E-state index < -0.39 is 11.0 Å². The van der Waals surface area contributed by atoms with Gasteiger partial charge in [0.1, 0.15) is 6.04 Å². The number of benzene rings is 2. The number of rotatable bonds is 10. The topological polar surface area (TPSA) is 92.6 Å². The SMILES string of the molecule is CC(C(=O)NC(C)(C)C)N(CCc1ccccc1)C(=O)CSCc1ccc([N+](=O)[O-])cc1. The molecular formula is C24H31N3O4S. The van der Waals surface area contributed by atoms with E-state index in [0.29, 0.717) is 18.7 Å². The number of carbonyl (C=O) groups is 2. The first kappa shape index (κ1) is 25.4. The molecule has 0 aliphatic rings. The Balaban J connectivity index is 2.01. The van der Waals surface area contributed by atoms with E-state index >= 15 is 0 Å². The van der Waals surface area contributed by atoms with Crippen LogP contribution in [0.4, 0.5) is 5.69 Å². The molecule has 1 unspecified atom stereocenters. The van der Waals surface area contributed by atoms with Crippen LogP contribution in [0.3, 0.4) is 0 Å². The van der Waals surface area contributed by atoms with E-state index in [-0.39, 0.29) is 28.8 Å². The molecule has 0 aromatic heterocycles. The highest BCUT2D eigenvalue weighted by Crippen LogP contribution is 2.18. The molecule has 2 aromatic rings. The van der Waals surface area contributed by atoms with Gasteiger partial charge in [-0.15, -0.1) is 11.8 Å². The zero-order valence-electron chi connectivity index (χ0n) is 19.0. The van der Waals surface area contributed by atoms with Gasteiger partial charge in [0.25, 0.3) is 5.69 Å². The Morgan fingerprint density at radius 1 is 1.06 bits per heavy atom. The smallest absolute Gasteiger partial charge is 0.269 e. The molecule has 0 saturated carbocycles. The molecule has 0 aliphatic carbocycles. The van der Waals surface area contributed by atoms with Crippen LogP contribution in [0.25, 0.3) is 0 Å². The van der Waals surface area contributed by atoms with Gasteiger partial charge in [-0.05, 0) is 45.2 Å². The van der Waals surface area contributed by atoms with Crippen molar-refractivity contribution >= 4 is 29.3 Å². The van der Waals surface area contributed by atoms with Gasteiger partial charge in [0.05, 0.1) is 10.7 Å². The van der Waals surface area contributed by atoms with Gasteiger partial charge in [0.2, 0.25) is 11.8 Å². The maximum Gasteiger partial charge on any atom is 0.269 e. The molecule has 7 nitrogen and oxygen atoms in total. The molecule has 0 bridgehead atoms. The minimum atomic E-state index is -0.592. The minimum Gasteiger partial charge on any atom is -0.350 e. The van der Waals surface area contributed by atoms with Crippen LogP contribution in [0.1, 0.15) is 38.8 Å². The first-order valence-corrected chi connectivity index (χ1v) is 11.7. The average Bonchev–Trinajstić information content (AvgIpc) is 2.73. The van der Waals surface area contributed by atoms with Crippen LogP contribution >= 0.6 is 11.8 Å². The number of nitro groups is 1. The Kier molecular flexibility index (Phi) is 9.26. The van der Waals surface area contributed by atoms with E-state index in [1.807, 2.05) is 51.1 Å². The van der Waals surface area contributed by atoms with Crippen LogP contribution in [0.5, 0.6) is 0 Å². The molecule has 0 saturated heterocycles. The zero-order valence-corrected chi connectivity index (χ0v) is 19.9. The molecule has 1 atom stereocenters. The standard InChI is InChI=1S/C24H31N3O4S/c1-18(23(29)25-24(2,3)4)26(15-14-19-8-6-5-7-9-19)22(28)17-32-16-20-10-12-21(13-11-20)27(30)31/h5-13,18H,14-17H2,1-4H3,(H,25,29). The molecule has 0 fully saturated rings. The van der Waals surface area contributed by atoms with E-state index in [1.54, 1.807) is 24.0 Å². The summed E-state index contributed by atoms with van der Waals surface area (Å²) in [7, 11) is 0. The highest BCUT2D eigenvalue weighted by atomic mass is 32.2. The Labute approximate surface area is 193 Å². The maximum absolute atomic E-state index is 13.0. The summed E-state index contributed by atoms with van der Waals surface area (Å²) in [5, 5.41) is 13.7. The van der Waals surface area contributed by atoms with Crippen molar-refractivity contribution in [3.63, 3.8) is 0 Å². The Bertz CT molecular complexity index is 911. The summed E-state index contributed by atoms with van der Waals surface area (Å²) >= 11 is 1.43. The molecule has 0 spiro atoms. The molecule has 8 heteroatoms. The van der Waals surface area contributed by atoms with Crippen LogP contribution in [0.15, 0.2) is 54.6 Å². The highest BCUT2D eigenvalue weighted by Gasteiger charge is 2.27. The summed E-state index contributed by atoms with van der Waals surface area (Å²) < 4.78 is 0. The molecular weight excluding hydrogens is 426 g/mol. The third kappa shape index (κ3) is 8.34. The summed E-state index contributed by atoms with van der Waals surface area (Å²) in [5.74, 6) is 0.487.